The summed E-state index contributed by atoms with van der Waals surface area (Å²) >= 11 is 4.53. The first-order valence-corrected chi connectivity index (χ1v) is 15.4. The van der Waals surface area contributed by atoms with Crippen LogP contribution in [-0.4, -0.2) is 38.0 Å². The van der Waals surface area contributed by atoms with E-state index in [1.807, 2.05) is 48.5 Å². The third-order valence-electron chi connectivity index (χ3n) is 6.72. The van der Waals surface area contributed by atoms with Crippen LogP contribution in [0, 0.1) is 18.3 Å². The average Bonchev–Trinajstić information content (AvgIpc) is 3.34. The van der Waals surface area contributed by atoms with Gasteiger partial charge in [0.1, 0.15) is 17.6 Å². The van der Waals surface area contributed by atoms with Crippen LogP contribution in [0.1, 0.15) is 55.4 Å². The quantitative estimate of drug-likeness (QED) is 0.0856. The van der Waals surface area contributed by atoms with Gasteiger partial charge in [-0.25, -0.2) is 9.59 Å². The smallest absolute Gasteiger partial charge is 0.348 e. The Hall–Kier alpha value is -4.46. The van der Waals surface area contributed by atoms with E-state index in [2.05, 4.69) is 15.9 Å². The first-order chi connectivity index (χ1) is 21.2. The summed E-state index contributed by atoms with van der Waals surface area (Å²) in [5, 5.41) is 12.1. The van der Waals surface area contributed by atoms with Crippen LogP contribution in [0.3, 0.4) is 0 Å². The van der Waals surface area contributed by atoms with Crippen molar-refractivity contribution in [1.82, 2.24) is 0 Å². The molecule has 4 aromatic rings. The lowest BCUT2D eigenvalue weighted by molar-refractivity contribution is -0.114. The van der Waals surface area contributed by atoms with Gasteiger partial charge in [-0.15, -0.1) is 11.3 Å². The number of ketones is 1. The Morgan fingerprint density at radius 1 is 1.00 bits per heavy atom. The third kappa shape index (κ3) is 7.18. The molecule has 8 nitrogen and oxygen atoms in total. The summed E-state index contributed by atoms with van der Waals surface area (Å²) < 4.78 is 22.6. The summed E-state index contributed by atoms with van der Waals surface area (Å²) in [5.74, 6) is -0.874. The second-order valence-corrected chi connectivity index (χ2v) is 11.5. The van der Waals surface area contributed by atoms with Crippen molar-refractivity contribution in [1.29, 1.82) is 5.26 Å². The van der Waals surface area contributed by atoms with Gasteiger partial charge in [0.15, 0.2) is 17.3 Å². The standard InChI is InChI=1S/C34H30BrNO7S/c1-5-41-33(38)30-20(3)32(34(39)42-6-2)44-29(30)17-27(37)24(18-36)14-21-15-26(35)31(28(16-21)40-4)43-19-23-12-9-11-22-10-7-8-13-25(22)23/h7-16H,5-6,17,19H2,1-4H3/b24-14+. The normalized spacial score (nSPS) is 11.1. The van der Waals surface area contributed by atoms with Crippen LogP contribution in [0.4, 0.5) is 0 Å². The number of carbonyl (C=O) groups excluding carboxylic acids is 3. The zero-order valence-corrected chi connectivity index (χ0v) is 27.1. The largest absolute Gasteiger partial charge is 0.493 e. The highest BCUT2D eigenvalue weighted by Crippen LogP contribution is 2.38. The number of hydrogen-bond donors (Lipinski definition) is 0. The highest BCUT2D eigenvalue weighted by Gasteiger charge is 2.28. The number of benzene rings is 3. The maximum absolute atomic E-state index is 13.3. The van der Waals surface area contributed by atoms with Crippen molar-refractivity contribution in [3.8, 4) is 17.6 Å². The summed E-state index contributed by atoms with van der Waals surface area (Å²) in [7, 11) is 1.51. The Kier molecular flexibility index (Phi) is 10.9. The van der Waals surface area contributed by atoms with Crippen LogP contribution in [0.2, 0.25) is 0 Å². The topological polar surface area (TPSA) is 112 Å². The number of esters is 2. The zero-order chi connectivity index (χ0) is 31.8. The van der Waals surface area contributed by atoms with Gasteiger partial charge in [0.2, 0.25) is 0 Å². The molecule has 1 aromatic heterocycles. The fourth-order valence-corrected chi connectivity index (χ4v) is 6.43. The molecule has 0 N–H and O–H groups in total. The van der Waals surface area contributed by atoms with Gasteiger partial charge in [-0.3, -0.25) is 4.79 Å². The molecule has 0 atom stereocenters. The molecule has 44 heavy (non-hydrogen) atoms. The third-order valence-corrected chi connectivity index (χ3v) is 8.58. The number of halogens is 1. The number of ether oxygens (including phenoxy) is 4. The molecule has 0 bridgehead atoms. The Balaban J connectivity index is 1.61. The van der Waals surface area contributed by atoms with Gasteiger partial charge in [-0.05, 0) is 82.4 Å². The van der Waals surface area contributed by atoms with Crippen molar-refractivity contribution in [2.24, 2.45) is 0 Å². The van der Waals surface area contributed by atoms with Gasteiger partial charge in [-0.2, -0.15) is 5.26 Å². The van der Waals surface area contributed by atoms with Gasteiger partial charge in [0, 0.05) is 11.3 Å². The van der Waals surface area contributed by atoms with E-state index in [1.165, 1.54) is 13.2 Å². The van der Waals surface area contributed by atoms with Crippen molar-refractivity contribution < 1.29 is 33.3 Å². The molecule has 0 unspecified atom stereocenters. The lowest BCUT2D eigenvalue weighted by atomic mass is 10.0. The van der Waals surface area contributed by atoms with Crippen LogP contribution in [0.15, 0.2) is 64.6 Å². The van der Waals surface area contributed by atoms with E-state index >= 15 is 0 Å². The Morgan fingerprint density at radius 2 is 1.70 bits per heavy atom. The molecule has 0 fully saturated rings. The minimum atomic E-state index is -0.644. The van der Waals surface area contributed by atoms with Crippen LogP contribution in [0.25, 0.3) is 16.8 Å². The minimum absolute atomic E-state index is 0.123. The monoisotopic (exact) mass is 675 g/mol. The van der Waals surface area contributed by atoms with E-state index in [4.69, 9.17) is 18.9 Å². The van der Waals surface area contributed by atoms with E-state index in [0.717, 1.165) is 27.7 Å². The molecule has 0 aliphatic rings. The fourth-order valence-electron chi connectivity index (χ4n) is 4.67. The van der Waals surface area contributed by atoms with Crippen molar-refractivity contribution in [2.45, 2.75) is 33.8 Å². The van der Waals surface area contributed by atoms with Crippen molar-refractivity contribution in [3.63, 3.8) is 0 Å². The predicted molar refractivity (Wildman–Crippen MR) is 172 cm³/mol. The van der Waals surface area contributed by atoms with Crippen LogP contribution in [0.5, 0.6) is 11.5 Å². The molecule has 0 amide bonds. The number of allylic oxidation sites excluding steroid dienone is 1. The van der Waals surface area contributed by atoms with Crippen molar-refractivity contribution in [3.05, 3.63) is 96.7 Å². The zero-order valence-electron chi connectivity index (χ0n) is 24.7. The summed E-state index contributed by atoms with van der Waals surface area (Å²) in [6.07, 6.45) is 1.17. The molecule has 4 rings (SSSR count). The van der Waals surface area contributed by atoms with Crippen molar-refractivity contribution >= 4 is 61.8 Å². The molecule has 0 saturated carbocycles. The van der Waals surface area contributed by atoms with Gasteiger partial charge in [0.25, 0.3) is 0 Å². The summed E-state index contributed by atoms with van der Waals surface area (Å²) in [5.41, 5.74) is 1.92. The lowest BCUT2D eigenvalue weighted by Crippen LogP contribution is -2.12. The predicted octanol–water partition coefficient (Wildman–Crippen LogP) is 7.63. The molecule has 0 aliphatic carbocycles. The van der Waals surface area contributed by atoms with Crippen LogP contribution in [-0.2, 0) is 27.3 Å². The average molecular weight is 677 g/mol. The Morgan fingerprint density at radius 3 is 2.41 bits per heavy atom. The highest BCUT2D eigenvalue weighted by molar-refractivity contribution is 9.10. The molecule has 10 heteroatoms. The first kappa shape index (κ1) is 32.5. The van der Waals surface area contributed by atoms with E-state index in [9.17, 15) is 19.6 Å². The number of hydrogen-bond acceptors (Lipinski definition) is 9. The number of thiophene rings is 1. The first-order valence-electron chi connectivity index (χ1n) is 13.8. The molecular formula is C34H30BrNO7S. The van der Waals surface area contributed by atoms with Crippen LogP contribution < -0.4 is 9.47 Å². The highest BCUT2D eigenvalue weighted by atomic mass is 79.9. The second kappa shape index (κ2) is 14.8. The maximum Gasteiger partial charge on any atom is 0.348 e. The molecule has 226 valence electrons. The van der Waals surface area contributed by atoms with E-state index in [0.29, 0.717) is 38.6 Å². The second-order valence-electron chi connectivity index (χ2n) is 9.53. The van der Waals surface area contributed by atoms with E-state index < -0.39 is 17.7 Å². The number of rotatable bonds is 12. The van der Waals surface area contributed by atoms with E-state index in [-0.39, 0.29) is 35.6 Å². The molecule has 0 radical (unpaired) electrons. The van der Waals surface area contributed by atoms with E-state index in [1.54, 1.807) is 32.9 Å². The molecular weight excluding hydrogens is 646 g/mol. The number of carbonyl (C=O) groups is 3. The fraction of sp³-hybridized carbons (Fsp3) is 0.235. The number of nitrogens with zero attached hydrogens (tertiary/aromatic N) is 1. The summed E-state index contributed by atoms with van der Waals surface area (Å²) in [6.45, 7) is 5.53. The summed E-state index contributed by atoms with van der Waals surface area (Å²) in [6, 6.07) is 19.4. The number of Topliss-reactive ketones (excluding diaryl/α,β-unsaturated/α-hetero) is 1. The molecule has 1 heterocycles. The van der Waals surface area contributed by atoms with Gasteiger partial charge < -0.3 is 18.9 Å². The molecule has 0 spiro atoms. The molecule has 0 saturated heterocycles. The molecule has 0 aliphatic heterocycles. The number of nitriles is 1. The minimum Gasteiger partial charge on any atom is -0.493 e. The van der Waals surface area contributed by atoms with Crippen molar-refractivity contribution in [2.75, 3.05) is 20.3 Å². The number of fused-ring (bicyclic) bond motifs is 1. The van der Waals surface area contributed by atoms with Gasteiger partial charge >= 0.3 is 11.9 Å². The Bertz CT molecular complexity index is 1800. The number of methoxy groups -OCH3 is 1. The van der Waals surface area contributed by atoms with Crippen LogP contribution >= 0.6 is 27.3 Å². The lowest BCUT2D eigenvalue weighted by Gasteiger charge is -2.15. The Labute approximate surface area is 267 Å². The molecule has 3 aromatic carbocycles. The summed E-state index contributed by atoms with van der Waals surface area (Å²) in [4.78, 5) is 39.1. The van der Waals surface area contributed by atoms with Gasteiger partial charge in [-0.1, -0.05) is 42.5 Å². The SMILES string of the molecule is CCOC(=O)c1sc(CC(=O)/C(C#N)=C/c2cc(Br)c(OCc3cccc4ccccc34)c(OC)c2)c(C(=O)OCC)c1C. The van der Waals surface area contributed by atoms with Gasteiger partial charge in [0.05, 0.1) is 35.9 Å². The maximum atomic E-state index is 13.3.